The van der Waals surface area contributed by atoms with E-state index in [9.17, 15) is 24.0 Å². The first kappa shape index (κ1) is 28.9. The monoisotopic (exact) mass is 531 g/mol. The van der Waals surface area contributed by atoms with Crippen LogP contribution in [0.4, 0.5) is 9.59 Å². The van der Waals surface area contributed by atoms with E-state index < -0.39 is 35.1 Å². The number of carbonyl (C=O) groups excluding carboxylic acids is 5. The van der Waals surface area contributed by atoms with Gasteiger partial charge in [-0.3, -0.25) is 19.3 Å². The van der Waals surface area contributed by atoms with Gasteiger partial charge in [0.2, 0.25) is 11.8 Å². The van der Waals surface area contributed by atoms with Crippen molar-refractivity contribution in [2.75, 3.05) is 40.0 Å². The molecule has 0 radical (unpaired) electrons. The van der Waals surface area contributed by atoms with E-state index in [4.69, 9.17) is 9.47 Å². The lowest BCUT2D eigenvalue weighted by Gasteiger charge is -2.37. The van der Waals surface area contributed by atoms with Crippen molar-refractivity contribution in [2.24, 2.45) is 0 Å². The lowest BCUT2D eigenvalue weighted by Crippen LogP contribution is -2.60. The first-order valence-corrected chi connectivity index (χ1v) is 12.5. The van der Waals surface area contributed by atoms with Crippen LogP contribution < -0.4 is 5.32 Å². The molecular weight excluding hydrogens is 494 g/mol. The van der Waals surface area contributed by atoms with Gasteiger partial charge < -0.3 is 29.5 Å². The van der Waals surface area contributed by atoms with Crippen molar-refractivity contribution in [1.82, 2.24) is 24.9 Å². The van der Waals surface area contributed by atoms with Crippen LogP contribution in [0, 0.1) is 0 Å². The quantitative estimate of drug-likeness (QED) is 0.397. The number of hydrogen-bond donors (Lipinski definition) is 1. The number of fused-ring (bicyclic) bond motifs is 1. The van der Waals surface area contributed by atoms with Crippen LogP contribution >= 0.6 is 0 Å². The molecule has 0 aromatic heterocycles. The molecule has 1 N–H and O–H groups in total. The van der Waals surface area contributed by atoms with Crippen molar-refractivity contribution < 1.29 is 33.4 Å². The predicted molar refractivity (Wildman–Crippen MR) is 136 cm³/mol. The lowest BCUT2D eigenvalue weighted by atomic mass is 10.0. The Morgan fingerprint density at radius 3 is 2.34 bits per heavy atom. The van der Waals surface area contributed by atoms with Gasteiger partial charge in [-0.1, -0.05) is 30.3 Å². The van der Waals surface area contributed by atoms with Crippen LogP contribution in [0.3, 0.4) is 0 Å². The fourth-order valence-corrected chi connectivity index (χ4v) is 4.26. The Bertz CT molecular complexity index is 1070. The minimum absolute atomic E-state index is 0.0419. The molecule has 0 spiro atoms. The van der Waals surface area contributed by atoms with E-state index >= 15 is 0 Å². The smallest absolute Gasteiger partial charge is 0.408 e. The fourth-order valence-electron chi connectivity index (χ4n) is 4.26. The highest BCUT2D eigenvalue weighted by Crippen LogP contribution is 2.21. The number of carbonyl (C=O) groups is 5. The minimum Gasteiger partial charge on any atom is -0.444 e. The molecular formula is C26H37N5O7. The summed E-state index contributed by atoms with van der Waals surface area (Å²) in [5.74, 6) is -1.31. The van der Waals surface area contributed by atoms with Crippen LogP contribution in [0.15, 0.2) is 30.3 Å². The van der Waals surface area contributed by atoms with Gasteiger partial charge in [0.15, 0.2) is 0 Å². The second-order valence-corrected chi connectivity index (χ2v) is 10.9. The predicted octanol–water partition coefficient (Wildman–Crippen LogP) is 1.40. The van der Waals surface area contributed by atoms with Crippen molar-refractivity contribution in [3.63, 3.8) is 0 Å². The van der Waals surface area contributed by atoms with Gasteiger partial charge >= 0.3 is 12.1 Å². The number of likely N-dealkylation sites (N-methyl/N-ethyl adjacent to an activating group) is 1. The van der Waals surface area contributed by atoms with Gasteiger partial charge in [0, 0.05) is 20.1 Å². The Morgan fingerprint density at radius 1 is 1.05 bits per heavy atom. The van der Waals surface area contributed by atoms with Crippen molar-refractivity contribution in [1.29, 1.82) is 0 Å². The summed E-state index contributed by atoms with van der Waals surface area (Å²) in [5.41, 5.74) is -1.28. The number of nitrogens with one attached hydrogen (secondary N) is 1. The average Bonchev–Trinajstić information content (AvgIpc) is 3.05. The normalized spacial score (nSPS) is 17.8. The highest BCUT2D eigenvalue weighted by molar-refractivity contribution is 6.04. The van der Waals surface area contributed by atoms with Crippen LogP contribution in [0.25, 0.3) is 0 Å². The Morgan fingerprint density at radius 2 is 1.71 bits per heavy atom. The maximum Gasteiger partial charge on any atom is 0.408 e. The Hall–Kier alpha value is -3.67. The van der Waals surface area contributed by atoms with E-state index in [0.717, 1.165) is 10.5 Å². The second kappa shape index (κ2) is 11.4. The van der Waals surface area contributed by atoms with E-state index in [1.54, 1.807) is 20.8 Å². The van der Waals surface area contributed by atoms with Crippen LogP contribution in [0.5, 0.6) is 0 Å². The van der Waals surface area contributed by atoms with E-state index in [2.05, 4.69) is 5.32 Å². The molecule has 38 heavy (non-hydrogen) atoms. The molecule has 2 saturated heterocycles. The third kappa shape index (κ3) is 7.00. The lowest BCUT2D eigenvalue weighted by molar-refractivity contribution is -0.151. The summed E-state index contributed by atoms with van der Waals surface area (Å²) < 4.78 is 11.1. The summed E-state index contributed by atoms with van der Waals surface area (Å²) in [6.07, 6.45) is -0.767. The van der Waals surface area contributed by atoms with E-state index in [0.29, 0.717) is 0 Å². The number of rotatable bonds is 8. The molecule has 2 heterocycles. The highest BCUT2D eigenvalue weighted by atomic mass is 16.6. The molecule has 2 aliphatic heterocycles. The fraction of sp³-hybridized carbons (Fsp3) is 0.577. The van der Waals surface area contributed by atoms with Crippen LogP contribution in [0.1, 0.15) is 40.2 Å². The zero-order valence-corrected chi connectivity index (χ0v) is 22.9. The minimum atomic E-state index is -1.41. The molecule has 2 fully saturated rings. The number of urea groups is 1. The van der Waals surface area contributed by atoms with Gasteiger partial charge in [-0.2, -0.15) is 0 Å². The van der Waals surface area contributed by atoms with Crippen molar-refractivity contribution in [3.8, 4) is 0 Å². The molecule has 1 aromatic carbocycles. The van der Waals surface area contributed by atoms with Gasteiger partial charge in [-0.25, -0.2) is 9.59 Å². The first-order valence-electron chi connectivity index (χ1n) is 12.5. The molecule has 1 atom stereocenters. The molecule has 12 nitrogen and oxygen atoms in total. The van der Waals surface area contributed by atoms with Crippen LogP contribution in [-0.4, -0.2) is 107 Å². The van der Waals surface area contributed by atoms with Gasteiger partial charge in [-0.05, 0) is 40.2 Å². The van der Waals surface area contributed by atoms with Crippen LogP contribution in [0.2, 0.25) is 0 Å². The molecule has 12 heteroatoms. The molecule has 0 unspecified atom stereocenters. The van der Waals surface area contributed by atoms with Gasteiger partial charge in [0.1, 0.15) is 30.5 Å². The zero-order chi connectivity index (χ0) is 28.3. The van der Waals surface area contributed by atoms with Gasteiger partial charge in [0.05, 0.1) is 13.2 Å². The molecule has 3 rings (SSSR count). The number of imide groups is 1. The second-order valence-electron chi connectivity index (χ2n) is 10.9. The number of alkyl carbamates (subject to hydrolysis) is 1. The Balaban J connectivity index is 1.70. The number of hydrogen-bond acceptors (Lipinski definition) is 7. The summed E-state index contributed by atoms with van der Waals surface area (Å²) >= 11 is 0. The summed E-state index contributed by atoms with van der Waals surface area (Å²) in [7, 11) is 1.42. The van der Waals surface area contributed by atoms with Crippen molar-refractivity contribution >= 4 is 29.8 Å². The Labute approximate surface area is 222 Å². The zero-order valence-electron chi connectivity index (χ0n) is 22.9. The molecule has 208 valence electrons. The Kier molecular flexibility index (Phi) is 8.65. The molecule has 0 bridgehead atoms. The first-order chi connectivity index (χ1) is 17.7. The maximum absolute atomic E-state index is 13.5. The topological polar surface area (TPSA) is 129 Å². The van der Waals surface area contributed by atoms with Crippen molar-refractivity contribution in [3.05, 3.63) is 35.9 Å². The molecule has 2 aliphatic rings. The van der Waals surface area contributed by atoms with E-state index in [1.807, 2.05) is 30.3 Å². The molecule has 1 aromatic rings. The number of ether oxygens (including phenoxy) is 2. The standard InChI is InChI=1S/C26H37N5O7/c1-25(2,3)38-23(35)27-26(4,5)22(34)30(17-37-16-18-10-8-7-9-11-18)15-20(32)29-12-13-31-19(14-29)21(33)28(6)24(31)36/h7-11,19H,12-17H2,1-6H3,(H,27,35)/t19-/m1/s1. The SMILES string of the molecule is CN1C(=O)[C@H]2CN(C(=O)CN(COCc3ccccc3)C(=O)C(C)(C)NC(=O)OC(C)(C)C)CCN2C1=O. The number of benzene rings is 1. The molecule has 0 saturated carbocycles. The number of piperazine rings is 1. The summed E-state index contributed by atoms with van der Waals surface area (Å²) in [4.78, 5) is 69.1. The number of amides is 6. The highest BCUT2D eigenvalue weighted by Gasteiger charge is 2.47. The van der Waals surface area contributed by atoms with Gasteiger partial charge in [-0.15, -0.1) is 0 Å². The summed E-state index contributed by atoms with van der Waals surface area (Å²) in [5, 5.41) is 2.57. The largest absolute Gasteiger partial charge is 0.444 e. The third-order valence-corrected chi connectivity index (χ3v) is 6.20. The van der Waals surface area contributed by atoms with Crippen LogP contribution in [-0.2, 0) is 30.5 Å². The maximum atomic E-state index is 13.5. The summed E-state index contributed by atoms with van der Waals surface area (Å²) in [6.45, 7) is 8.33. The third-order valence-electron chi connectivity index (χ3n) is 6.20. The van der Waals surface area contributed by atoms with Gasteiger partial charge in [0.25, 0.3) is 5.91 Å². The average molecular weight is 532 g/mol. The van der Waals surface area contributed by atoms with E-state index in [-0.39, 0.29) is 51.5 Å². The molecule has 6 amide bonds. The summed E-state index contributed by atoms with van der Waals surface area (Å²) in [6, 6.07) is 8.24. The number of nitrogens with zero attached hydrogens (tertiary/aromatic N) is 4. The van der Waals surface area contributed by atoms with E-state index in [1.165, 1.54) is 35.6 Å². The molecule has 0 aliphatic carbocycles. The van der Waals surface area contributed by atoms with Crippen molar-refractivity contribution in [2.45, 2.75) is 58.4 Å².